The van der Waals surface area contributed by atoms with Crippen LogP contribution in [-0.4, -0.2) is 9.13 Å². The van der Waals surface area contributed by atoms with E-state index in [0.29, 0.717) is 5.92 Å². The van der Waals surface area contributed by atoms with Crippen LogP contribution in [0.4, 0.5) is 0 Å². The van der Waals surface area contributed by atoms with Crippen LogP contribution in [0.1, 0.15) is 17.9 Å². The molecule has 1 unspecified atom stereocenters. The Kier molecular flexibility index (Phi) is 4.68. The third-order valence-corrected chi connectivity index (χ3v) is 8.04. The molecule has 0 radical (unpaired) electrons. The second kappa shape index (κ2) is 8.36. The van der Waals surface area contributed by atoms with Gasteiger partial charge in [0.25, 0.3) is 0 Å². The first kappa shape index (κ1) is 21.3. The van der Waals surface area contributed by atoms with Gasteiger partial charge in [-0.25, -0.2) is 0 Å². The summed E-state index contributed by atoms with van der Waals surface area (Å²) in [5, 5.41) is 6.55. The topological polar surface area (TPSA) is 9.86 Å². The zero-order valence-electron chi connectivity index (χ0n) is 21.0. The molecule has 7 aromatic rings. The Labute approximate surface area is 221 Å². The van der Waals surface area contributed by atoms with E-state index < -0.39 is 0 Å². The molecule has 8 rings (SSSR count). The Morgan fingerprint density at radius 3 is 1.82 bits per heavy atom. The Morgan fingerprint density at radius 2 is 1.08 bits per heavy atom. The number of aromatic nitrogens is 2. The highest BCUT2D eigenvalue weighted by molar-refractivity contribution is 6.09. The van der Waals surface area contributed by atoms with E-state index in [1.54, 1.807) is 0 Å². The fraction of sp³-hybridized carbons (Fsp3) is 0.0556. The van der Waals surface area contributed by atoms with Gasteiger partial charge >= 0.3 is 0 Å². The molecule has 180 valence electrons. The molecule has 0 saturated carbocycles. The fourth-order valence-electron chi connectivity index (χ4n) is 6.33. The van der Waals surface area contributed by atoms with E-state index in [1.165, 1.54) is 60.2 Å². The van der Waals surface area contributed by atoms with Gasteiger partial charge in [0.15, 0.2) is 0 Å². The van der Waals surface area contributed by atoms with Crippen molar-refractivity contribution in [3.8, 4) is 11.4 Å². The van der Waals surface area contributed by atoms with Crippen LogP contribution < -0.4 is 10.6 Å². The molecule has 0 bridgehead atoms. The van der Waals surface area contributed by atoms with Gasteiger partial charge in [-0.3, -0.25) is 0 Å². The molecule has 1 aliphatic carbocycles. The summed E-state index contributed by atoms with van der Waals surface area (Å²) in [5.41, 5.74) is 7.52. The van der Waals surface area contributed by atoms with E-state index in [-0.39, 0.29) is 0 Å². The Morgan fingerprint density at radius 1 is 0.500 bits per heavy atom. The van der Waals surface area contributed by atoms with Gasteiger partial charge in [0.1, 0.15) is 0 Å². The second-order valence-electron chi connectivity index (χ2n) is 10.2. The van der Waals surface area contributed by atoms with Crippen LogP contribution in [-0.2, 0) is 0 Å². The van der Waals surface area contributed by atoms with Crippen molar-refractivity contribution in [2.75, 3.05) is 0 Å². The number of para-hydroxylation sites is 4. The fourth-order valence-corrected chi connectivity index (χ4v) is 6.33. The molecule has 0 N–H and O–H groups in total. The van der Waals surface area contributed by atoms with Gasteiger partial charge in [-0.05, 0) is 54.4 Å². The Bertz CT molecular complexity index is 2090. The van der Waals surface area contributed by atoms with Gasteiger partial charge in [0, 0.05) is 38.7 Å². The summed E-state index contributed by atoms with van der Waals surface area (Å²) < 4.78 is 4.83. The van der Waals surface area contributed by atoms with Crippen LogP contribution in [0.25, 0.3) is 56.2 Å². The highest BCUT2D eigenvalue weighted by atomic mass is 15.0. The van der Waals surface area contributed by atoms with E-state index in [2.05, 4.69) is 149 Å². The summed E-state index contributed by atoms with van der Waals surface area (Å²) in [6.07, 6.45) is 5.92. The van der Waals surface area contributed by atoms with Crippen molar-refractivity contribution in [2.45, 2.75) is 12.3 Å². The van der Waals surface area contributed by atoms with Crippen molar-refractivity contribution in [1.82, 2.24) is 9.13 Å². The molecule has 2 heteroatoms. The summed E-state index contributed by atoms with van der Waals surface area (Å²) >= 11 is 0. The highest BCUT2D eigenvalue weighted by Crippen LogP contribution is 2.35. The quantitative estimate of drug-likeness (QED) is 0.245. The largest absolute Gasteiger partial charge is 0.310 e. The van der Waals surface area contributed by atoms with Gasteiger partial charge in [-0.1, -0.05) is 97.1 Å². The number of rotatable bonds is 3. The van der Waals surface area contributed by atoms with E-state index in [0.717, 1.165) is 6.42 Å². The molecule has 0 amide bonds. The maximum Gasteiger partial charge on any atom is 0.0544 e. The molecule has 0 fully saturated rings. The normalized spacial score (nSPS) is 14.9. The predicted octanol–water partition coefficient (Wildman–Crippen LogP) is 7.48. The summed E-state index contributed by atoms with van der Waals surface area (Å²) in [5.74, 6) is 0.306. The summed E-state index contributed by atoms with van der Waals surface area (Å²) in [4.78, 5) is 0. The summed E-state index contributed by atoms with van der Waals surface area (Å²) in [6.45, 7) is 0. The third-order valence-electron chi connectivity index (χ3n) is 8.04. The average molecular weight is 487 g/mol. The van der Waals surface area contributed by atoms with Crippen LogP contribution in [0.3, 0.4) is 0 Å². The van der Waals surface area contributed by atoms with Gasteiger partial charge in [0.05, 0.1) is 21.9 Å². The molecule has 0 saturated heterocycles. The van der Waals surface area contributed by atoms with Crippen LogP contribution in [0.15, 0.2) is 127 Å². The zero-order valence-corrected chi connectivity index (χ0v) is 21.0. The maximum absolute atomic E-state index is 2.49. The average Bonchev–Trinajstić information content (AvgIpc) is 3.50. The van der Waals surface area contributed by atoms with Crippen molar-refractivity contribution in [1.29, 1.82) is 0 Å². The van der Waals surface area contributed by atoms with Crippen molar-refractivity contribution in [2.24, 2.45) is 0 Å². The molecule has 5 aromatic carbocycles. The van der Waals surface area contributed by atoms with E-state index in [9.17, 15) is 0 Å². The van der Waals surface area contributed by atoms with Gasteiger partial charge in [-0.2, -0.15) is 0 Å². The predicted molar refractivity (Wildman–Crippen MR) is 160 cm³/mol. The van der Waals surface area contributed by atoms with Gasteiger partial charge < -0.3 is 9.13 Å². The molecular formula is C36H26N2. The standard InChI is InChI=1S/C36H26N2/c1-3-11-27(12-4-1)37-33-17-9-7-15-29(33)31-21-19-25(23-35(31)37)26-20-22-32-30-16-8-10-18-34(30)38(36(32)24-26)28-13-5-2-6-14-28/h1-19,21-24,26H,20H2. The van der Waals surface area contributed by atoms with E-state index in [1.807, 2.05) is 0 Å². The smallest absolute Gasteiger partial charge is 0.0544 e. The molecule has 1 aliphatic rings. The minimum Gasteiger partial charge on any atom is -0.310 e. The maximum atomic E-state index is 2.49. The number of hydrogen-bond donors (Lipinski definition) is 0. The molecule has 2 nitrogen and oxygen atoms in total. The first-order chi connectivity index (χ1) is 18.9. The molecule has 0 aliphatic heterocycles. The zero-order chi connectivity index (χ0) is 25.1. The van der Waals surface area contributed by atoms with E-state index in [4.69, 9.17) is 0 Å². The molecular weight excluding hydrogens is 460 g/mol. The SMILES string of the molecule is C1=c2c(n(-c3ccccc3)c3ccccc23)=CC(c2ccc3c4ccccc4n(-c4ccccc4)c3c2)C1. The highest BCUT2D eigenvalue weighted by Gasteiger charge is 2.19. The van der Waals surface area contributed by atoms with Crippen LogP contribution in [0.5, 0.6) is 0 Å². The van der Waals surface area contributed by atoms with Crippen LogP contribution in [0, 0.1) is 0 Å². The molecule has 2 heterocycles. The number of nitrogens with zero attached hydrogens (tertiary/aromatic N) is 2. The molecule has 38 heavy (non-hydrogen) atoms. The number of fused-ring (bicyclic) bond motifs is 6. The Hall–Kier alpha value is -4.82. The first-order valence-electron chi connectivity index (χ1n) is 13.3. The second-order valence-corrected chi connectivity index (χ2v) is 10.2. The van der Waals surface area contributed by atoms with Crippen molar-refractivity contribution < 1.29 is 0 Å². The third kappa shape index (κ3) is 3.13. The molecule has 2 aromatic heterocycles. The minimum atomic E-state index is 0.306. The van der Waals surface area contributed by atoms with E-state index >= 15 is 0 Å². The van der Waals surface area contributed by atoms with Crippen molar-refractivity contribution >= 4 is 44.9 Å². The lowest BCUT2D eigenvalue weighted by Gasteiger charge is -2.16. The Balaban J connectivity index is 1.37. The minimum absolute atomic E-state index is 0.306. The van der Waals surface area contributed by atoms with Gasteiger partial charge in [0.2, 0.25) is 0 Å². The lowest BCUT2D eigenvalue weighted by atomic mass is 9.91. The summed E-state index contributed by atoms with van der Waals surface area (Å²) in [6, 6.07) is 46.0. The number of benzene rings is 5. The lowest BCUT2D eigenvalue weighted by molar-refractivity contribution is 0.905. The van der Waals surface area contributed by atoms with Crippen LogP contribution >= 0.6 is 0 Å². The van der Waals surface area contributed by atoms with Crippen molar-refractivity contribution in [3.63, 3.8) is 0 Å². The van der Waals surface area contributed by atoms with Crippen LogP contribution in [0.2, 0.25) is 0 Å². The molecule has 0 spiro atoms. The number of hydrogen-bond acceptors (Lipinski definition) is 0. The lowest BCUT2D eigenvalue weighted by Crippen LogP contribution is -2.31. The monoisotopic (exact) mass is 486 g/mol. The first-order valence-corrected chi connectivity index (χ1v) is 13.3. The van der Waals surface area contributed by atoms with Gasteiger partial charge in [-0.15, -0.1) is 0 Å². The summed E-state index contributed by atoms with van der Waals surface area (Å²) in [7, 11) is 0. The molecule has 1 atom stereocenters. The van der Waals surface area contributed by atoms with Crippen molar-refractivity contribution in [3.05, 3.63) is 144 Å².